The average molecular weight is 462 g/mol. The van der Waals surface area contributed by atoms with E-state index in [9.17, 15) is 9.18 Å². The van der Waals surface area contributed by atoms with Gasteiger partial charge in [-0.2, -0.15) is 4.98 Å². The van der Waals surface area contributed by atoms with Crippen molar-refractivity contribution in [2.45, 2.75) is 6.92 Å². The number of methoxy groups -OCH3 is 1. The number of aromatic nitrogens is 4. The molecule has 0 saturated carbocycles. The molecule has 0 atom stereocenters. The van der Waals surface area contributed by atoms with Crippen LogP contribution in [0.1, 0.15) is 6.92 Å². The van der Waals surface area contributed by atoms with Crippen LogP contribution in [0.3, 0.4) is 0 Å². The summed E-state index contributed by atoms with van der Waals surface area (Å²) in [5, 5.41) is 5.18. The van der Waals surface area contributed by atoms with Gasteiger partial charge in [0.15, 0.2) is 5.65 Å². The zero-order valence-corrected chi connectivity index (χ0v) is 18.9. The van der Waals surface area contributed by atoms with E-state index in [-0.39, 0.29) is 11.7 Å². The molecule has 5 rings (SSSR count). The summed E-state index contributed by atoms with van der Waals surface area (Å²) in [6.07, 6.45) is 0. The minimum atomic E-state index is -0.389. The largest absolute Gasteiger partial charge is 0.497 e. The fraction of sp³-hybridized carbons (Fsp3) is 0.250. The normalized spacial score (nSPS) is 14.0. The predicted molar refractivity (Wildman–Crippen MR) is 127 cm³/mol. The van der Waals surface area contributed by atoms with Crippen LogP contribution in [0, 0.1) is 5.82 Å². The fourth-order valence-electron chi connectivity index (χ4n) is 4.15. The SMILES string of the molecule is COc1cccc(-c2nc(N3CCN(C(C)=O)CC3)nc3nn(-c4cccc(F)c4)c(N)c23)c1. The number of anilines is 2. The topological polar surface area (TPSA) is 102 Å². The van der Waals surface area contributed by atoms with Gasteiger partial charge in [-0.25, -0.2) is 14.1 Å². The zero-order valence-electron chi connectivity index (χ0n) is 18.9. The van der Waals surface area contributed by atoms with Crippen LogP contribution in [-0.4, -0.2) is 63.8 Å². The predicted octanol–water partition coefficient (Wildman–Crippen LogP) is 2.88. The molecule has 1 aliphatic heterocycles. The third kappa shape index (κ3) is 3.87. The molecule has 0 bridgehead atoms. The molecule has 1 amide bonds. The number of piperazine rings is 1. The number of hydrogen-bond donors (Lipinski definition) is 1. The van der Waals surface area contributed by atoms with Crippen molar-refractivity contribution in [1.29, 1.82) is 0 Å². The summed E-state index contributed by atoms with van der Waals surface area (Å²) in [5.41, 5.74) is 8.81. The van der Waals surface area contributed by atoms with Crippen LogP contribution in [0.25, 0.3) is 28.0 Å². The van der Waals surface area contributed by atoms with Crippen LogP contribution in [0.15, 0.2) is 48.5 Å². The third-order valence-corrected chi connectivity index (χ3v) is 5.96. The minimum absolute atomic E-state index is 0.0506. The van der Waals surface area contributed by atoms with Gasteiger partial charge in [0.05, 0.1) is 23.9 Å². The molecule has 0 aliphatic carbocycles. The van der Waals surface area contributed by atoms with E-state index in [1.54, 1.807) is 31.1 Å². The monoisotopic (exact) mass is 461 g/mol. The van der Waals surface area contributed by atoms with Crippen molar-refractivity contribution in [2.75, 3.05) is 43.9 Å². The van der Waals surface area contributed by atoms with Crippen molar-refractivity contribution in [1.82, 2.24) is 24.6 Å². The summed E-state index contributed by atoms with van der Waals surface area (Å²) in [6, 6.07) is 13.6. The summed E-state index contributed by atoms with van der Waals surface area (Å²) < 4.78 is 20.8. The van der Waals surface area contributed by atoms with Crippen LogP contribution in [0.4, 0.5) is 16.2 Å². The van der Waals surface area contributed by atoms with Crippen molar-refractivity contribution < 1.29 is 13.9 Å². The summed E-state index contributed by atoms with van der Waals surface area (Å²) in [7, 11) is 1.60. The number of benzene rings is 2. The Morgan fingerprint density at radius 3 is 2.53 bits per heavy atom. The molecular formula is C24H24FN7O2. The van der Waals surface area contributed by atoms with Gasteiger partial charge in [0.25, 0.3) is 0 Å². The van der Waals surface area contributed by atoms with Gasteiger partial charge in [-0.1, -0.05) is 18.2 Å². The Hall–Kier alpha value is -4.21. The van der Waals surface area contributed by atoms with Gasteiger partial charge in [0, 0.05) is 38.7 Å². The molecule has 3 heterocycles. The zero-order chi connectivity index (χ0) is 23.8. The molecular weight excluding hydrogens is 437 g/mol. The number of nitrogen functional groups attached to an aromatic ring is 1. The summed E-state index contributed by atoms with van der Waals surface area (Å²) in [4.78, 5) is 25.1. The first kappa shape index (κ1) is 21.6. The summed E-state index contributed by atoms with van der Waals surface area (Å²) in [5.74, 6) is 1.15. The van der Waals surface area contributed by atoms with Gasteiger partial charge in [-0.15, -0.1) is 5.10 Å². The van der Waals surface area contributed by atoms with E-state index < -0.39 is 0 Å². The number of carbonyl (C=O) groups excluding carboxylic acids is 1. The van der Waals surface area contributed by atoms with Crippen LogP contribution in [0.5, 0.6) is 5.75 Å². The molecule has 2 N–H and O–H groups in total. The lowest BCUT2D eigenvalue weighted by Crippen LogP contribution is -2.48. The van der Waals surface area contributed by atoms with Gasteiger partial charge < -0.3 is 20.3 Å². The van der Waals surface area contributed by atoms with Gasteiger partial charge in [0.1, 0.15) is 17.4 Å². The lowest BCUT2D eigenvalue weighted by Gasteiger charge is -2.34. The number of nitrogens with two attached hydrogens (primary N) is 1. The molecule has 10 heteroatoms. The number of amides is 1. The van der Waals surface area contributed by atoms with Gasteiger partial charge in [0.2, 0.25) is 11.9 Å². The minimum Gasteiger partial charge on any atom is -0.497 e. The molecule has 9 nitrogen and oxygen atoms in total. The van der Waals surface area contributed by atoms with E-state index in [1.807, 2.05) is 29.2 Å². The van der Waals surface area contributed by atoms with Gasteiger partial charge >= 0.3 is 0 Å². The van der Waals surface area contributed by atoms with Crippen LogP contribution >= 0.6 is 0 Å². The Morgan fingerprint density at radius 2 is 1.82 bits per heavy atom. The second-order valence-electron chi connectivity index (χ2n) is 8.07. The summed E-state index contributed by atoms with van der Waals surface area (Å²) >= 11 is 0. The number of fused-ring (bicyclic) bond motifs is 1. The smallest absolute Gasteiger partial charge is 0.228 e. The highest BCUT2D eigenvalue weighted by Crippen LogP contribution is 2.35. The lowest BCUT2D eigenvalue weighted by molar-refractivity contribution is -0.129. The number of halogens is 1. The first-order valence-electron chi connectivity index (χ1n) is 10.9. The number of carbonyl (C=O) groups is 1. The Morgan fingerprint density at radius 1 is 1.06 bits per heavy atom. The molecule has 174 valence electrons. The third-order valence-electron chi connectivity index (χ3n) is 5.96. The Bertz CT molecular complexity index is 1380. The molecule has 34 heavy (non-hydrogen) atoms. The van der Waals surface area contributed by atoms with Crippen molar-refractivity contribution in [2.24, 2.45) is 0 Å². The van der Waals surface area contributed by atoms with E-state index in [0.717, 1.165) is 5.56 Å². The standard InChI is InChI=1S/C24H24FN7O2/c1-15(33)30-9-11-31(12-10-30)24-27-21(16-5-3-8-19(13-16)34-2)20-22(26)32(29-23(20)28-24)18-7-4-6-17(25)14-18/h3-8,13-14H,9-12,26H2,1-2H3. The Kier molecular flexibility index (Phi) is 5.48. The second kappa shape index (κ2) is 8.62. The molecule has 4 aromatic rings. The van der Waals surface area contributed by atoms with Gasteiger partial charge in [-0.3, -0.25) is 4.79 Å². The molecule has 0 unspecified atom stereocenters. The van der Waals surface area contributed by atoms with Crippen molar-refractivity contribution in [3.63, 3.8) is 0 Å². The van der Waals surface area contributed by atoms with Crippen molar-refractivity contribution in [3.05, 3.63) is 54.3 Å². The van der Waals surface area contributed by atoms with Crippen LogP contribution < -0.4 is 15.4 Å². The van der Waals surface area contributed by atoms with Crippen LogP contribution in [-0.2, 0) is 4.79 Å². The molecule has 1 fully saturated rings. The van der Waals surface area contributed by atoms with E-state index >= 15 is 0 Å². The van der Waals surface area contributed by atoms with Gasteiger partial charge in [-0.05, 0) is 30.3 Å². The molecule has 0 radical (unpaired) electrons. The quantitative estimate of drug-likeness (QED) is 0.499. The average Bonchev–Trinajstić information content (AvgIpc) is 3.20. The fourth-order valence-corrected chi connectivity index (χ4v) is 4.15. The number of nitrogens with zero attached hydrogens (tertiary/aromatic N) is 6. The van der Waals surface area contributed by atoms with Crippen molar-refractivity contribution >= 4 is 28.7 Å². The maximum absolute atomic E-state index is 13.9. The molecule has 2 aromatic heterocycles. The van der Waals surface area contributed by atoms with E-state index in [0.29, 0.717) is 66.1 Å². The molecule has 1 aliphatic rings. The first-order chi connectivity index (χ1) is 16.4. The van der Waals surface area contributed by atoms with E-state index in [2.05, 4.69) is 5.10 Å². The Labute approximate surface area is 195 Å². The number of hydrogen-bond acceptors (Lipinski definition) is 7. The van der Waals surface area contributed by atoms with E-state index in [1.165, 1.54) is 16.8 Å². The first-order valence-corrected chi connectivity index (χ1v) is 10.9. The molecule has 2 aromatic carbocycles. The number of rotatable bonds is 4. The highest BCUT2D eigenvalue weighted by molar-refractivity contribution is 5.99. The van der Waals surface area contributed by atoms with E-state index in [4.69, 9.17) is 20.4 Å². The Balaban J connectivity index is 1.67. The summed E-state index contributed by atoms with van der Waals surface area (Å²) in [6.45, 7) is 3.95. The molecule has 1 saturated heterocycles. The van der Waals surface area contributed by atoms with Crippen LogP contribution in [0.2, 0.25) is 0 Å². The number of ether oxygens (including phenoxy) is 1. The lowest BCUT2D eigenvalue weighted by atomic mass is 10.1. The molecule has 0 spiro atoms. The maximum atomic E-state index is 13.9. The second-order valence-corrected chi connectivity index (χ2v) is 8.07. The van der Waals surface area contributed by atoms with Crippen molar-refractivity contribution in [3.8, 4) is 22.7 Å². The maximum Gasteiger partial charge on any atom is 0.228 e. The highest BCUT2D eigenvalue weighted by Gasteiger charge is 2.25. The highest BCUT2D eigenvalue weighted by atomic mass is 19.1.